The SMILES string of the molecule is O=C(O)c1cc(Cl)cc2c1O[C@H]1CCC[C@@H]2C1. The number of rotatable bonds is 1. The average molecular weight is 253 g/mol. The van der Waals surface area contributed by atoms with Crippen LogP contribution in [0.2, 0.25) is 5.02 Å². The molecule has 3 rings (SSSR count). The quantitative estimate of drug-likeness (QED) is 0.833. The van der Waals surface area contributed by atoms with Crippen molar-refractivity contribution in [3.8, 4) is 5.75 Å². The maximum atomic E-state index is 11.2. The number of hydrogen-bond acceptors (Lipinski definition) is 2. The van der Waals surface area contributed by atoms with Gasteiger partial charge >= 0.3 is 5.97 Å². The van der Waals surface area contributed by atoms with Crippen molar-refractivity contribution in [3.05, 3.63) is 28.3 Å². The predicted molar refractivity (Wildman–Crippen MR) is 64.0 cm³/mol. The Hall–Kier alpha value is -1.22. The highest BCUT2D eigenvalue weighted by Crippen LogP contribution is 2.46. The summed E-state index contributed by atoms with van der Waals surface area (Å²) in [5.41, 5.74) is 1.18. The summed E-state index contributed by atoms with van der Waals surface area (Å²) in [7, 11) is 0. The molecular formula is C13H13ClO3. The van der Waals surface area contributed by atoms with E-state index in [1.807, 2.05) is 6.07 Å². The van der Waals surface area contributed by atoms with Crippen LogP contribution in [0.5, 0.6) is 5.75 Å². The molecule has 1 aliphatic heterocycles. The van der Waals surface area contributed by atoms with Crippen LogP contribution in [-0.4, -0.2) is 17.2 Å². The molecular weight excluding hydrogens is 240 g/mol. The van der Waals surface area contributed by atoms with Crippen molar-refractivity contribution in [1.29, 1.82) is 0 Å². The minimum Gasteiger partial charge on any atom is -0.489 e. The average Bonchev–Trinajstić information content (AvgIpc) is 2.30. The summed E-state index contributed by atoms with van der Waals surface area (Å²) in [6, 6.07) is 3.33. The molecule has 0 amide bonds. The summed E-state index contributed by atoms with van der Waals surface area (Å²) in [6.45, 7) is 0. The third kappa shape index (κ3) is 1.78. The molecule has 1 aromatic carbocycles. The van der Waals surface area contributed by atoms with Crippen LogP contribution >= 0.6 is 11.6 Å². The van der Waals surface area contributed by atoms with E-state index in [-0.39, 0.29) is 11.7 Å². The molecule has 2 aliphatic rings. The maximum Gasteiger partial charge on any atom is 0.339 e. The molecule has 0 aromatic heterocycles. The van der Waals surface area contributed by atoms with Gasteiger partial charge in [0.15, 0.2) is 0 Å². The molecule has 90 valence electrons. The minimum absolute atomic E-state index is 0.181. The lowest BCUT2D eigenvalue weighted by atomic mass is 9.79. The van der Waals surface area contributed by atoms with Gasteiger partial charge in [0, 0.05) is 5.02 Å². The second kappa shape index (κ2) is 3.91. The van der Waals surface area contributed by atoms with E-state index < -0.39 is 5.97 Å². The normalized spacial score (nSPS) is 25.9. The first-order valence-corrected chi connectivity index (χ1v) is 6.26. The van der Waals surface area contributed by atoms with Crippen molar-refractivity contribution in [3.63, 3.8) is 0 Å². The molecule has 2 bridgehead atoms. The van der Waals surface area contributed by atoms with Crippen molar-refractivity contribution in [2.75, 3.05) is 0 Å². The lowest BCUT2D eigenvalue weighted by molar-refractivity contribution is 0.0676. The van der Waals surface area contributed by atoms with Crippen molar-refractivity contribution in [2.24, 2.45) is 0 Å². The van der Waals surface area contributed by atoms with Crippen LogP contribution in [0.1, 0.15) is 47.5 Å². The maximum absolute atomic E-state index is 11.2. The van der Waals surface area contributed by atoms with Crippen LogP contribution in [0.15, 0.2) is 12.1 Å². The Morgan fingerprint density at radius 3 is 3.00 bits per heavy atom. The highest BCUT2D eigenvalue weighted by Gasteiger charge is 2.34. The van der Waals surface area contributed by atoms with Gasteiger partial charge in [0.05, 0.1) is 6.10 Å². The molecule has 1 heterocycles. The van der Waals surface area contributed by atoms with Gasteiger partial charge in [0.25, 0.3) is 0 Å². The van der Waals surface area contributed by atoms with Crippen LogP contribution in [0.25, 0.3) is 0 Å². The van der Waals surface area contributed by atoms with Gasteiger partial charge in [-0.25, -0.2) is 4.79 Å². The zero-order chi connectivity index (χ0) is 12.0. The van der Waals surface area contributed by atoms with Crippen LogP contribution in [0.3, 0.4) is 0 Å². The van der Waals surface area contributed by atoms with Crippen LogP contribution in [0, 0.1) is 0 Å². The lowest BCUT2D eigenvalue weighted by Crippen LogP contribution is -2.30. The van der Waals surface area contributed by atoms with E-state index in [4.69, 9.17) is 16.3 Å². The number of ether oxygens (including phenoxy) is 1. The second-order valence-corrected chi connectivity index (χ2v) is 5.22. The molecule has 1 saturated carbocycles. The smallest absolute Gasteiger partial charge is 0.339 e. The Bertz CT molecular complexity index is 484. The molecule has 1 aromatic rings. The zero-order valence-corrected chi connectivity index (χ0v) is 10.0. The van der Waals surface area contributed by atoms with Gasteiger partial charge in [0.1, 0.15) is 11.3 Å². The van der Waals surface area contributed by atoms with Crippen molar-refractivity contribution >= 4 is 17.6 Å². The molecule has 17 heavy (non-hydrogen) atoms. The fourth-order valence-corrected chi connectivity index (χ4v) is 3.14. The van der Waals surface area contributed by atoms with Gasteiger partial charge < -0.3 is 9.84 Å². The first-order valence-electron chi connectivity index (χ1n) is 5.88. The number of carboxylic acids is 1. The first-order chi connectivity index (χ1) is 8.15. The second-order valence-electron chi connectivity index (χ2n) is 4.78. The number of hydrogen-bond donors (Lipinski definition) is 1. The monoisotopic (exact) mass is 252 g/mol. The summed E-state index contributed by atoms with van der Waals surface area (Å²) >= 11 is 5.98. The number of carbonyl (C=O) groups is 1. The number of aromatic carboxylic acids is 1. The standard InChI is InChI=1S/C13H13ClO3/c14-8-5-10-7-2-1-3-9(4-7)17-12(10)11(6-8)13(15)16/h5-7,9H,1-4H2,(H,15,16)/t7-,9+/m1/s1. The topological polar surface area (TPSA) is 46.5 Å². The van der Waals surface area contributed by atoms with E-state index in [2.05, 4.69) is 0 Å². The van der Waals surface area contributed by atoms with E-state index >= 15 is 0 Å². The summed E-state index contributed by atoms with van der Waals surface area (Å²) < 4.78 is 5.81. The van der Waals surface area contributed by atoms with Crippen LogP contribution < -0.4 is 4.74 Å². The summed E-state index contributed by atoms with van der Waals surface area (Å²) in [6.07, 6.45) is 4.44. The molecule has 0 radical (unpaired) electrons. The largest absolute Gasteiger partial charge is 0.489 e. The van der Waals surface area contributed by atoms with Gasteiger partial charge in [-0.1, -0.05) is 11.6 Å². The van der Waals surface area contributed by atoms with E-state index in [1.54, 1.807) is 0 Å². The molecule has 0 spiro atoms. The highest BCUT2D eigenvalue weighted by molar-refractivity contribution is 6.31. The number of carboxylic acid groups (broad SMARTS) is 1. The van der Waals surface area contributed by atoms with Gasteiger partial charge in [-0.15, -0.1) is 0 Å². The number of fused-ring (bicyclic) bond motifs is 4. The zero-order valence-electron chi connectivity index (χ0n) is 9.28. The highest BCUT2D eigenvalue weighted by atomic mass is 35.5. The lowest BCUT2D eigenvalue weighted by Gasteiger charge is -2.37. The van der Waals surface area contributed by atoms with Crippen molar-refractivity contribution in [1.82, 2.24) is 0 Å². The predicted octanol–water partition coefficient (Wildman–Crippen LogP) is 3.46. The van der Waals surface area contributed by atoms with Gasteiger partial charge in [0.2, 0.25) is 0 Å². The van der Waals surface area contributed by atoms with E-state index in [1.165, 1.54) is 6.07 Å². The van der Waals surface area contributed by atoms with E-state index in [0.717, 1.165) is 31.2 Å². The molecule has 4 heteroatoms. The molecule has 0 saturated heterocycles. The van der Waals surface area contributed by atoms with Gasteiger partial charge in [-0.05, 0) is 49.3 Å². The molecule has 1 aliphatic carbocycles. The Kier molecular flexibility index (Phi) is 2.51. The molecule has 1 fully saturated rings. The number of benzene rings is 1. The van der Waals surface area contributed by atoms with Crippen LogP contribution in [-0.2, 0) is 0 Å². The minimum atomic E-state index is -0.969. The Balaban J connectivity index is 2.16. The Morgan fingerprint density at radius 2 is 2.24 bits per heavy atom. The summed E-state index contributed by atoms with van der Waals surface area (Å²) in [5.74, 6) is -0.0131. The summed E-state index contributed by atoms with van der Waals surface area (Å²) in [5, 5.41) is 9.67. The fraction of sp³-hybridized carbons (Fsp3) is 0.462. The summed E-state index contributed by atoms with van der Waals surface area (Å²) in [4.78, 5) is 11.2. The molecule has 0 unspecified atom stereocenters. The number of halogens is 1. The third-order valence-electron chi connectivity index (χ3n) is 3.66. The Labute approximate surface area is 104 Å². The van der Waals surface area contributed by atoms with E-state index in [0.29, 0.717) is 16.7 Å². The fourth-order valence-electron chi connectivity index (χ4n) is 2.91. The van der Waals surface area contributed by atoms with E-state index in [9.17, 15) is 9.90 Å². The molecule has 2 atom stereocenters. The molecule has 3 nitrogen and oxygen atoms in total. The van der Waals surface area contributed by atoms with Gasteiger partial charge in [-0.3, -0.25) is 0 Å². The first kappa shape index (κ1) is 10.9. The Morgan fingerprint density at radius 1 is 1.41 bits per heavy atom. The van der Waals surface area contributed by atoms with Crippen molar-refractivity contribution in [2.45, 2.75) is 37.7 Å². The molecule has 1 N–H and O–H groups in total. The third-order valence-corrected chi connectivity index (χ3v) is 3.88. The van der Waals surface area contributed by atoms with Crippen LogP contribution in [0.4, 0.5) is 0 Å². The van der Waals surface area contributed by atoms with Gasteiger partial charge in [-0.2, -0.15) is 0 Å². The van der Waals surface area contributed by atoms with Crippen molar-refractivity contribution < 1.29 is 14.6 Å².